The number of hydrogen-bond acceptors (Lipinski definition) is 7. The van der Waals surface area contributed by atoms with E-state index in [1.165, 1.54) is 0 Å². The summed E-state index contributed by atoms with van der Waals surface area (Å²) < 4.78 is 5.47. The van der Waals surface area contributed by atoms with Crippen LogP contribution in [-0.4, -0.2) is 46.7 Å². The van der Waals surface area contributed by atoms with Crippen LogP contribution in [0.25, 0.3) is 0 Å². The summed E-state index contributed by atoms with van der Waals surface area (Å²) in [6.07, 6.45) is 0. The van der Waals surface area contributed by atoms with Gasteiger partial charge in [-0.1, -0.05) is 0 Å². The number of rotatable bonds is 4. The van der Waals surface area contributed by atoms with Crippen LogP contribution >= 0.6 is 0 Å². The summed E-state index contributed by atoms with van der Waals surface area (Å²) in [5.41, 5.74) is -0.0253. The van der Waals surface area contributed by atoms with Gasteiger partial charge in [-0.25, -0.2) is 4.98 Å². The molecule has 1 N–H and O–H groups in total. The van der Waals surface area contributed by atoms with E-state index in [1.54, 1.807) is 6.92 Å². The highest BCUT2D eigenvalue weighted by Crippen LogP contribution is 2.35. The third-order valence-electron chi connectivity index (χ3n) is 3.46. The lowest BCUT2D eigenvalue weighted by atomic mass is 10.0. The molecule has 0 spiro atoms. The Balaban J connectivity index is 2.55. The number of ether oxygens (including phenoxy) is 1. The molecular formula is C13H21N5O3. The molecule has 0 aromatic carbocycles. The van der Waals surface area contributed by atoms with Crippen LogP contribution in [0.1, 0.15) is 26.5 Å². The third kappa shape index (κ3) is 3.05. The Hall–Kier alpha value is -1.96. The molecule has 2 heterocycles. The van der Waals surface area contributed by atoms with Gasteiger partial charge >= 0.3 is 5.69 Å². The fraction of sp³-hybridized carbons (Fsp3) is 0.692. The van der Waals surface area contributed by atoms with Crippen LogP contribution in [-0.2, 0) is 4.74 Å². The van der Waals surface area contributed by atoms with Crippen LogP contribution in [0, 0.1) is 17.0 Å². The van der Waals surface area contributed by atoms with Crippen LogP contribution in [0.3, 0.4) is 0 Å². The lowest BCUT2D eigenvalue weighted by molar-refractivity contribution is -0.385. The molecule has 2 rings (SSSR count). The molecule has 1 saturated heterocycles. The molecule has 8 heteroatoms. The van der Waals surface area contributed by atoms with Crippen molar-refractivity contribution in [2.24, 2.45) is 0 Å². The van der Waals surface area contributed by atoms with E-state index in [9.17, 15) is 10.1 Å². The molecule has 8 nitrogen and oxygen atoms in total. The Bertz CT molecular complexity index is 547. The summed E-state index contributed by atoms with van der Waals surface area (Å²) >= 11 is 0. The van der Waals surface area contributed by atoms with Gasteiger partial charge in [-0.15, -0.1) is 0 Å². The summed E-state index contributed by atoms with van der Waals surface area (Å²) in [5.74, 6) is 0.773. The maximum Gasteiger partial charge on any atom is 0.332 e. The molecule has 1 fully saturated rings. The lowest BCUT2D eigenvalue weighted by Crippen LogP contribution is -2.53. The number of hydrogen-bond donors (Lipinski definition) is 1. The Kier molecular flexibility index (Phi) is 4.26. The minimum Gasteiger partial charge on any atom is -0.377 e. The number of morpholine rings is 1. The van der Waals surface area contributed by atoms with Crippen LogP contribution in [0.5, 0.6) is 0 Å². The first kappa shape index (κ1) is 15.4. The van der Waals surface area contributed by atoms with Gasteiger partial charge in [0.1, 0.15) is 5.69 Å². The van der Waals surface area contributed by atoms with Crippen molar-refractivity contribution in [3.63, 3.8) is 0 Å². The van der Waals surface area contributed by atoms with E-state index in [4.69, 9.17) is 4.74 Å². The molecule has 0 radical (unpaired) electrons. The van der Waals surface area contributed by atoms with Crippen molar-refractivity contribution in [2.75, 3.05) is 36.5 Å². The van der Waals surface area contributed by atoms with Gasteiger partial charge in [0.05, 0.1) is 23.7 Å². The summed E-state index contributed by atoms with van der Waals surface area (Å²) in [6.45, 7) is 9.79. The average Bonchev–Trinajstić information content (AvgIpc) is 2.37. The number of anilines is 2. The molecule has 0 atom stereocenters. The Morgan fingerprint density at radius 2 is 2.19 bits per heavy atom. The van der Waals surface area contributed by atoms with Gasteiger partial charge in [-0.2, -0.15) is 4.98 Å². The average molecular weight is 295 g/mol. The highest BCUT2D eigenvalue weighted by atomic mass is 16.6. The Morgan fingerprint density at radius 3 is 2.76 bits per heavy atom. The van der Waals surface area contributed by atoms with Gasteiger partial charge in [0.2, 0.25) is 11.8 Å². The van der Waals surface area contributed by atoms with E-state index < -0.39 is 4.92 Å². The predicted molar refractivity (Wildman–Crippen MR) is 79.8 cm³/mol. The standard InChI is InChI=1S/C13H21N5O3/c1-5-14-12-15-9(2)10(18(19)20)11(16-12)17-6-7-21-8-13(17,3)4/h5-8H2,1-4H3,(H,14,15,16). The first-order valence-electron chi connectivity index (χ1n) is 6.99. The first-order valence-corrected chi connectivity index (χ1v) is 6.99. The van der Waals surface area contributed by atoms with E-state index >= 15 is 0 Å². The lowest BCUT2D eigenvalue weighted by Gasteiger charge is -2.42. The SMILES string of the molecule is CCNc1nc(C)c([N+](=O)[O-])c(N2CCOCC2(C)C)n1. The van der Waals surface area contributed by atoms with Crippen LogP contribution < -0.4 is 10.2 Å². The Labute approximate surface area is 123 Å². The topological polar surface area (TPSA) is 93.4 Å². The second kappa shape index (κ2) is 5.80. The molecule has 0 amide bonds. The van der Waals surface area contributed by atoms with Crippen molar-refractivity contribution in [1.29, 1.82) is 0 Å². The van der Waals surface area contributed by atoms with Crippen LogP contribution in [0.2, 0.25) is 0 Å². The molecule has 1 aliphatic heterocycles. The zero-order chi connectivity index (χ0) is 15.6. The summed E-state index contributed by atoms with van der Waals surface area (Å²) in [7, 11) is 0. The zero-order valence-corrected chi connectivity index (χ0v) is 12.8. The smallest absolute Gasteiger partial charge is 0.332 e. The van der Waals surface area contributed by atoms with Crippen molar-refractivity contribution in [1.82, 2.24) is 9.97 Å². The number of aromatic nitrogens is 2. The number of nitrogens with one attached hydrogen (secondary N) is 1. The van der Waals surface area contributed by atoms with Crippen LogP contribution in [0.4, 0.5) is 17.5 Å². The van der Waals surface area contributed by atoms with Gasteiger partial charge in [0.25, 0.3) is 0 Å². The minimum atomic E-state index is -0.411. The van der Waals surface area contributed by atoms with Gasteiger partial charge in [-0.05, 0) is 27.7 Å². The van der Waals surface area contributed by atoms with Crippen molar-refractivity contribution in [3.8, 4) is 0 Å². The highest BCUT2D eigenvalue weighted by molar-refractivity contribution is 5.64. The van der Waals surface area contributed by atoms with E-state index in [-0.39, 0.29) is 11.2 Å². The normalized spacial score (nSPS) is 17.6. The molecule has 0 saturated carbocycles. The van der Waals surface area contributed by atoms with E-state index in [0.717, 1.165) is 0 Å². The summed E-state index contributed by atoms with van der Waals surface area (Å²) in [4.78, 5) is 21.5. The molecule has 21 heavy (non-hydrogen) atoms. The van der Waals surface area contributed by atoms with Crippen LogP contribution in [0.15, 0.2) is 0 Å². The quantitative estimate of drug-likeness (QED) is 0.668. The van der Waals surface area contributed by atoms with Crippen molar-refractivity contribution < 1.29 is 9.66 Å². The van der Waals surface area contributed by atoms with Gasteiger partial charge in [0, 0.05) is 13.1 Å². The second-order valence-corrected chi connectivity index (χ2v) is 5.61. The maximum atomic E-state index is 11.4. The molecule has 1 aromatic rings. The van der Waals surface area contributed by atoms with Gasteiger partial charge in [0.15, 0.2) is 0 Å². The fourth-order valence-electron chi connectivity index (χ4n) is 2.44. The van der Waals surface area contributed by atoms with Crippen molar-refractivity contribution in [2.45, 2.75) is 33.2 Å². The van der Waals surface area contributed by atoms with Crippen molar-refractivity contribution in [3.05, 3.63) is 15.8 Å². The summed E-state index contributed by atoms with van der Waals surface area (Å²) in [5, 5.41) is 14.4. The third-order valence-corrected chi connectivity index (χ3v) is 3.46. The Morgan fingerprint density at radius 1 is 1.48 bits per heavy atom. The largest absolute Gasteiger partial charge is 0.377 e. The monoisotopic (exact) mass is 295 g/mol. The molecule has 116 valence electrons. The maximum absolute atomic E-state index is 11.4. The predicted octanol–water partition coefficient (Wildman–Crippen LogP) is 1.74. The van der Waals surface area contributed by atoms with Crippen molar-refractivity contribution >= 4 is 17.5 Å². The number of nitro groups is 1. The number of aryl methyl sites for hydroxylation is 1. The van der Waals surface area contributed by atoms with E-state index in [2.05, 4.69) is 15.3 Å². The molecule has 1 aliphatic rings. The highest BCUT2D eigenvalue weighted by Gasteiger charge is 2.37. The molecule has 0 unspecified atom stereocenters. The van der Waals surface area contributed by atoms with E-state index in [1.807, 2.05) is 25.7 Å². The molecular weight excluding hydrogens is 274 g/mol. The number of nitrogens with zero attached hydrogens (tertiary/aromatic N) is 4. The summed E-state index contributed by atoms with van der Waals surface area (Å²) in [6, 6.07) is 0. The molecule has 0 bridgehead atoms. The first-order chi connectivity index (χ1) is 9.86. The molecule has 1 aromatic heterocycles. The zero-order valence-electron chi connectivity index (χ0n) is 12.8. The van der Waals surface area contributed by atoms with Gasteiger partial charge < -0.3 is 15.0 Å². The minimum absolute atomic E-state index is 0.0355. The fourth-order valence-corrected chi connectivity index (χ4v) is 2.44. The van der Waals surface area contributed by atoms with E-state index in [0.29, 0.717) is 43.8 Å². The van der Waals surface area contributed by atoms with Gasteiger partial charge in [-0.3, -0.25) is 10.1 Å². The second-order valence-electron chi connectivity index (χ2n) is 5.61. The molecule has 0 aliphatic carbocycles.